The fourth-order valence-electron chi connectivity index (χ4n) is 2.03. The summed E-state index contributed by atoms with van der Waals surface area (Å²) < 4.78 is 38.9. The van der Waals surface area contributed by atoms with Gasteiger partial charge in [-0.15, -0.1) is 0 Å². The van der Waals surface area contributed by atoms with E-state index in [0.717, 1.165) is 4.90 Å². The van der Waals surface area contributed by atoms with Gasteiger partial charge in [-0.2, -0.15) is 13.2 Å². The van der Waals surface area contributed by atoms with Gasteiger partial charge in [-0.05, 0) is 27.3 Å². The topological polar surface area (TPSA) is 49.6 Å². The lowest BCUT2D eigenvalue weighted by molar-refractivity contribution is -0.187. The third-order valence-corrected chi connectivity index (χ3v) is 3.19. The van der Waals surface area contributed by atoms with Gasteiger partial charge in [0.15, 0.2) is 0 Å². The molecule has 2 N–H and O–H groups in total. The number of likely N-dealkylation sites (N-methyl/N-ethyl adjacent to an activating group) is 2. The second-order valence-corrected chi connectivity index (χ2v) is 4.54. The number of halogens is 3. The molecule has 0 aromatic rings. The minimum atomic E-state index is -4.44. The molecule has 114 valence electrons. The lowest BCUT2D eigenvalue weighted by Gasteiger charge is -2.34. The van der Waals surface area contributed by atoms with Gasteiger partial charge < -0.3 is 10.6 Å². The Hall–Kier alpha value is -0.820. The van der Waals surface area contributed by atoms with Crippen molar-refractivity contribution in [3.8, 4) is 0 Å². The van der Waals surface area contributed by atoms with Crippen LogP contribution in [0.25, 0.3) is 0 Å². The first-order chi connectivity index (χ1) is 8.68. The maximum Gasteiger partial charge on any atom is 0.405 e. The molecule has 7 heteroatoms. The molecule has 0 fully saturated rings. The lowest BCUT2D eigenvalue weighted by atomic mass is 10.0. The van der Waals surface area contributed by atoms with E-state index >= 15 is 0 Å². The quantitative estimate of drug-likeness (QED) is 0.769. The molecule has 0 aliphatic carbocycles. The maximum absolute atomic E-state index is 13.0. The first-order valence-electron chi connectivity index (χ1n) is 6.49. The molecule has 0 spiro atoms. The van der Waals surface area contributed by atoms with E-state index in [-0.39, 0.29) is 18.9 Å². The molecule has 0 bridgehead atoms. The van der Waals surface area contributed by atoms with E-state index in [9.17, 15) is 18.0 Å². The number of hydrogen-bond donors (Lipinski definition) is 1. The van der Waals surface area contributed by atoms with Crippen LogP contribution < -0.4 is 5.73 Å². The molecule has 0 rings (SSSR count). The number of rotatable bonds is 7. The molecular weight excluding hydrogens is 259 g/mol. The van der Waals surface area contributed by atoms with Crippen LogP contribution in [-0.4, -0.2) is 60.6 Å². The molecule has 0 aromatic carbocycles. The zero-order valence-electron chi connectivity index (χ0n) is 12.0. The van der Waals surface area contributed by atoms with Gasteiger partial charge in [0.05, 0.1) is 6.54 Å². The monoisotopic (exact) mass is 283 g/mol. The highest BCUT2D eigenvalue weighted by atomic mass is 19.4. The van der Waals surface area contributed by atoms with Crippen molar-refractivity contribution in [3.63, 3.8) is 0 Å². The van der Waals surface area contributed by atoms with Crippen molar-refractivity contribution in [2.24, 2.45) is 5.73 Å². The molecule has 2 unspecified atom stereocenters. The minimum Gasteiger partial charge on any atom is -0.342 e. The number of amides is 1. The third-order valence-electron chi connectivity index (χ3n) is 3.19. The number of nitrogens with zero attached hydrogens (tertiary/aromatic N) is 2. The fraction of sp³-hybridized carbons (Fsp3) is 0.917. The molecule has 0 heterocycles. The molecule has 0 aliphatic rings. The maximum atomic E-state index is 13.0. The van der Waals surface area contributed by atoms with E-state index < -0.39 is 18.3 Å². The van der Waals surface area contributed by atoms with Crippen LogP contribution >= 0.6 is 0 Å². The van der Waals surface area contributed by atoms with E-state index in [1.165, 1.54) is 11.9 Å². The largest absolute Gasteiger partial charge is 0.405 e. The summed E-state index contributed by atoms with van der Waals surface area (Å²) in [6.07, 6.45) is -4.23. The Labute approximate surface area is 112 Å². The van der Waals surface area contributed by atoms with E-state index in [0.29, 0.717) is 13.1 Å². The third kappa shape index (κ3) is 5.36. The number of alkyl halides is 3. The van der Waals surface area contributed by atoms with Crippen LogP contribution in [0.4, 0.5) is 13.2 Å². The first-order valence-corrected chi connectivity index (χ1v) is 6.49. The van der Waals surface area contributed by atoms with Crippen LogP contribution in [0.15, 0.2) is 0 Å². The Morgan fingerprint density at radius 1 is 1.21 bits per heavy atom. The highest BCUT2D eigenvalue weighted by Gasteiger charge is 2.45. The van der Waals surface area contributed by atoms with Crippen molar-refractivity contribution in [1.29, 1.82) is 0 Å². The van der Waals surface area contributed by atoms with Gasteiger partial charge >= 0.3 is 6.18 Å². The number of nitrogens with two attached hydrogens (primary N) is 1. The van der Waals surface area contributed by atoms with Crippen molar-refractivity contribution in [1.82, 2.24) is 9.80 Å². The summed E-state index contributed by atoms with van der Waals surface area (Å²) in [5.41, 5.74) is 5.53. The van der Waals surface area contributed by atoms with Crippen molar-refractivity contribution in [2.75, 3.05) is 26.7 Å². The van der Waals surface area contributed by atoms with Crippen LogP contribution in [0.5, 0.6) is 0 Å². The summed E-state index contributed by atoms with van der Waals surface area (Å²) in [5.74, 6) is -0.315. The summed E-state index contributed by atoms with van der Waals surface area (Å²) in [6.45, 7) is 5.88. The van der Waals surface area contributed by atoms with Crippen LogP contribution in [0.1, 0.15) is 27.2 Å². The Bertz CT molecular complexity index is 280. The zero-order chi connectivity index (χ0) is 15.2. The molecule has 0 aromatic heterocycles. The number of carbonyl (C=O) groups excluding carboxylic acids is 1. The minimum absolute atomic E-state index is 0.202. The Morgan fingerprint density at radius 3 is 2.00 bits per heavy atom. The molecular formula is C12H24F3N3O. The SMILES string of the molecule is CCC(N)C(N(C)CC(=O)N(CC)CC)C(F)(F)F. The fourth-order valence-corrected chi connectivity index (χ4v) is 2.03. The highest BCUT2D eigenvalue weighted by molar-refractivity contribution is 5.78. The smallest absolute Gasteiger partial charge is 0.342 e. The van der Waals surface area contributed by atoms with Crippen LogP contribution in [-0.2, 0) is 4.79 Å². The van der Waals surface area contributed by atoms with Gasteiger partial charge in [0.1, 0.15) is 6.04 Å². The van der Waals surface area contributed by atoms with Crippen molar-refractivity contribution in [2.45, 2.75) is 45.5 Å². The predicted octanol–water partition coefficient (Wildman–Crippen LogP) is 1.45. The molecule has 19 heavy (non-hydrogen) atoms. The molecule has 4 nitrogen and oxygen atoms in total. The Morgan fingerprint density at radius 2 is 1.68 bits per heavy atom. The number of carbonyl (C=O) groups is 1. The second kappa shape index (κ2) is 7.69. The van der Waals surface area contributed by atoms with E-state index in [1.54, 1.807) is 20.8 Å². The van der Waals surface area contributed by atoms with Gasteiger partial charge in [0.25, 0.3) is 0 Å². The summed E-state index contributed by atoms with van der Waals surface area (Å²) >= 11 is 0. The van der Waals surface area contributed by atoms with Crippen molar-refractivity contribution < 1.29 is 18.0 Å². The van der Waals surface area contributed by atoms with Crippen LogP contribution in [0.2, 0.25) is 0 Å². The molecule has 0 saturated carbocycles. The average Bonchev–Trinajstić information content (AvgIpc) is 2.28. The van der Waals surface area contributed by atoms with Gasteiger partial charge in [-0.3, -0.25) is 9.69 Å². The molecule has 1 amide bonds. The van der Waals surface area contributed by atoms with Gasteiger partial charge in [-0.1, -0.05) is 6.92 Å². The van der Waals surface area contributed by atoms with E-state index in [1.807, 2.05) is 0 Å². The lowest BCUT2D eigenvalue weighted by Crippen LogP contribution is -2.56. The summed E-state index contributed by atoms with van der Waals surface area (Å²) in [4.78, 5) is 14.3. The van der Waals surface area contributed by atoms with Gasteiger partial charge in [0, 0.05) is 19.1 Å². The molecule has 0 aliphatic heterocycles. The molecule has 0 radical (unpaired) electrons. The summed E-state index contributed by atoms with van der Waals surface area (Å²) in [7, 11) is 1.29. The van der Waals surface area contributed by atoms with Crippen LogP contribution in [0, 0.1) is 0 Å². The summed E-state index contributed by atoms with van der Waals surface area (Å²) in [6, 6.07) is -2.83. The first kappa shape index (κ1) is 18.2. The van der Waals surface area contributed by atoms with E-state index in [2.05, 4.69) is 0 Å². The Kier molecular flexibility index (Phi) is 7.36. The summed E-state index contributed by atoms with van der Waals surface area (Å²) in [5, 5.41) is 0. The average molecular weight is 283 g/mol. The van der Waals surface area contributed by atoms with Crippen LogP contribution in [0.3, 0.4) is 0 Å². The van der Waals surface area contributed by atoms with Crippen molar-refractivity contribution >= 4 is 5.91 Å². The second-order valence-electron chi connectivity index (χ2n) is 4.54. The molecule has 2 atom stereocenters. The molecule has 0 saturated heterocycles. The standard InChI is InChI=1S/C12H24F3N3O/c1-5-9(16)11(12(13,14)15)17(4)8-10(19)18(6-2)7-3/h9,11H,5-8,16H2,1-4H3. The Balaban J connectivity index is 4.83. The normalized spacial score (nSPS) is 15.4. The van der Waals surface area contributed by atoms with E-state index in [4.69, 9.17) is 5.73 Å². The van der Waals surface area contributed by atoms with Gasteiger partial charge in [0.2, 0.25) is 5.91 Å². The highest BCUT2D eigenvalue weighted by Crippen LogP contribution is 2.27. The predicted molar refractivity (Wildman–Crippen MR) is 68.7 cm³/mol. The zero-order valence-corrected chi connectivity index (χ0v) is 12.0. The van der Waals surface area contributed by atoms with Crippen molar-refractivity contribution in [3.05, 3.63) is 0 Å². The van der Waals surface area contributed by atoms with Gasteiger partial charge in [-0.25, -0.2) is 0 Å². The number of hydrogen-bond acceptors (Lipinski definition) is 3.